The van der Waals surface area contributed by atoms with Crippen molar-refractivity contribution < 1.29 is 33.1 Å². The molecule has 2 bridgehead atoms. The van der Waals surface area contributed by atoms with Crippen LogP contribution in [0.5, 0.6) is 0 Å². The third kappa shape index (κ3) is 6.97. The molecule has 57 heavy (non-hydrogen) atoms. The Balaban J connectivity index is 1.02. The predicted molar refractivity (Wildman–Crippen MR) is 212 cm³/mol. The molecule has 2 saturated heterocycles. The van der Waals surface area contributed by atoms with Crippen molar-refractivity contribution >= 4 is 45.9 Å². The van der Waals surface area contributed by atoms with E-state index >= 15 is 0 Å². The number of carbonyl (C=O) groups is 4. The maximum atomic E-state index is 14.0. The maximum Gasteiger partial charge on any atom is 0.407 e. The summed E-state index contributed by atoms with van der Waals surface area (Å²) in [4.78, 5) is 72.0. The Bertz CT molecular complexity index is 2330. The van der Waals surface area contributed by atoms with Gasteiger partial charge < -0.3 is 44.3 Å². The molecule has 5 heterocycles. The summed E-state index contributed by atoms with van der Waals surface area (Å²) < 4.78 is 16.0. The lowest BCUT2D eigenvalue weighted by molar-refractivity contribution is -0.139. The predicted octanol–water partition coefficient (Wildman–Crippen LogP) is 6.84. The fraction of sp³-hybridized carbons (Fsp3) is 0.476. The van der Waals surface area contributed by atoms with Crippen LogP contribution in [0.25, 0.3) is 44.5 Å². The number of amides is 4. The number of aromatic amines is 2. The highest BCUT2D eigenvalue weighted by Gasteiger charge is 2.51. The molecule has 0 radical (unpaired) electrons. The van der Waals surface area contributed by atoms with Crippen molar-refractivity contribution in [3.63, 3.8) is 0 Å². The monoisotopic (exact) mass is 778 g/mol. The van der Waals surface area contributed by atoms with Gasteiger partial charge in [0, 0.05) is 34.5 Å². The molecule has 15 nitrogen and oxygen atoms in total. The molecule has 15 heteroatoms. The molecule has 300 valence electrons. The Morgan fingerprint density at radius 1 is 0.772 bits per heavy atom. The number of hydrogen-bond donors (Lipinski definition) is 4. The molecule has 4 N–H and O–H groups in total. The number of alkyl carbamates (subject to hydrolysis) is 2. The SMILES string of the molecule is COC(=O)N[C@H](C(=O)N1CCC[C@H]1c1ncc(-c2ccc3c(c2)oc2cc(-c4cnc([C@@H]5[C@H]6CCC(C6)N5C(=O)[C@@H](NC(=O)OC)C(C)C)[nH]4)ccc23)[nH]1)C(C)C. The van der Waals surface area contributed by atoms with Crippen LogP contribution in [0.15, 0.2) is 53.2 Å². The van der Waals surface area contributed by atoms with Crippen molar-refractivity contribution in [1.82, 2.24) is 40.4 Å². The number of piperidine rings is 1. The van der Waals surface area contributed by atoms with Gasteiger partial charge in [-0.05, 0) is 74.1 Å². The number of benzene rings is 2. The van der Waals surface area contributed by atoms with Gasteiger partial charge in [-0.3, -0.25) is 9.59 Å². The minimum atomic E-state index is -0.705. The van der Waals surface area contributed by atoms with E-state index in [0.29, 0.717) is 12.4 Å². The van der Waals surface area contributed by atoms with Gasteiger partial charge in [0.25, 0.3) is 0 Å². The standard InChI is InChI=1S/C42H50N8O7/c1-21(2)34(47-41(53)55-5)39(51)49-15-7-8-31(49)37-43-19-29(45-37)23-10-13-27-28-14-11-24(18-33(28)57-32(27)17-23)30-20-44-38(46-30)36-25-9-12-26(16-25)50(36)40(52)35(22(3)4)48-42(54)56-6/h10-11,13-14,17-22,25-26,31,34-36H,7-9,12,15-16H2,1-6H3,(H,43,45)(H,44,46)(H,47,53)(H,48,54)/t25-,26?,31-,34-,35-,36-/m0/s1. The van der Waals surface area contributed by atoms with Crippen LogP contribution in [0, 0.1) is 17.8 Å². The maximum absolute atomic E-state index is 14.0. The molecule has 5 aromatic rings. The Morgan fingerprint density at radius 2 is 1.33 bits per heavy atom. The van der Waals surface area contributed by atoms with Gasteiger partial charge >= 0.3 is 12.2 Å². The Labute approximate surface area is 330 Å². The van der Waals surface area contributed by atoms with Gasteiger partial charge in [0.15, 0.2) is 0 Å². The number of likely N-dealkylation sites (tertiary alicyclic amines) is 2. The van der Waals surface area contributed by atoms with E-state index in [4.69, 9.17) is 23.9 Å². The minimum absolute atomic E-state index is 0.104. The number of nitrogens with zero attached hydrogens (tertiary/aromatic N) is 4. The second-order valence-corrected chi connectivity index (χ2v) is 16.2. The molecule has 1 saturated carbocycles. The first-order valence-electron chi connectivity index (χ1n) is 19.8. The van der Waals surface area contributed by atoms with Crippen LogP contribution < -0.4 is 10.6 Å². The molecule has 2 aromatic carbocycles. The zero-order valence-electron chi connectivity index (χ0n) is 33.1. The molecule has 1 unspecified atom stereocenters. The van der Waals surface area contributed by atoms with Gasteiger partial charge in [-0.1, -0.05) is 39.8 Å². The van der Waals surface area contributed by atoms with E-state index in [2.05, 4.69) is 26.7 Å². The molecule has 3 aliphatic rings. The summed E-state index contributed by atoms with van der Waals surface area (Å²) in [6.45, 7) is 8.21. The lowest BCUT2D eigenvalue weighted by atomic mass is 9.95. The van der Waals surface area contributed by atoms with E-state index in [0.717, 1.165) is 82.4 Å². The highest BCUT2D eigenvalue weighted by Crippen LogP contribution is 2.50. The van der Waals surface area contributed by atoms with Crippen LogP contribution in [0.1, 0.15) is 83.5 Å². The normalized spacial score (nSPS) is 21.5. The number of fused-ring (bicyclic) bond motifs is 5. The smallest absolute Gasteiger partial charge is 0.407 e. The van der Waals surface area contributed by atoms with E-state index in [1.54, 1.807) is 11.1 Å². The second-order valence-electron chi connectivity index (χ2n) is 16.2. The highest BCUT2D eigenvalue weighted by atomic mass is 16.5. The van der Waals surface area contributed by atoms with Crippen LogP contribution in [-0.4, -0.2) is 92.6 Å². The van der Waals surface area contributed by atoms with E-state index in [1.807, 2.05) is 69.1 Å². The quantitative estimate of drug-likeness (QED) is 0.118. The molecule has 3 fully saturated rings. The summed E-state index contributed by atoms with van der Waals surface area (Å²) in [5, 5.41) is 7.41. The molecular weight excluding hydrogens is 729 g/mol. The third-order valence-corrected chi connectivity index (χ3v) is 12.0. The molecule has 8 rings (SSSR count). The number of methoxy groups -OCH3 is 2. The van der Waals surface area contributed by atoms with Gasteiger partial charge in [0.2, 0.25) is 11.8 Å². The van der Waals surface area contributed by atoms with E-state index in [9.17, 15) is 19.2 Å². The summed E-state index contributed by atoms with van der Waals surface area (Å²) in [5.74, 6) is 1.22. The average molecular weight is 779 g/mol. The van der Waals surface area contributed by atoms with Crippen molar-refractivity contribution in [1.29, 1.82) is 0 Å². The van der Waals surface area contributed by atoms with Gasteiger partial charge in [-0.15, -0.1) is 0 Å². The molecule has 3 aromatic heterocycles. The van der Waals surface area contributed by atoms with Gasteiger partial charge in [-0.2, -0.15) is 0 Å². The number of aromatic nitrogens is 4. The zero-order chi connectivity index (χ0) is 40.1. The fourth-order valence-electron chi connectivity index (χ4n) is 9.11. The van der Waals surface area contributed by atoms with Crippen LogP contribution >= 0.6 is 0 Å². The number of hydrogen-bond acceptors (Lipinski definition) is 9. The Morgan fingerprint density at radius 3 is 1.91 bits per heavy atom. The van der Waals surface area contributed by atoms with E-state index in [-0.39, 0.29) is 47.7 Å². The largest absolute Gasteiger partial charge is 0.456 e. The summed E-state index contributed by atoms with van der Waals surface area (Å²) in [5.41, 5.74) is 4.88. The van der Waals surface area contributed by atoms with E-state index in [1.165, 1.54) is 14.2 Å². The lowest BCUT2D eigenvalue weighted by Gasteiger charge is -2.37. The summed E-state index contributed by atoms with van der Waals surface area (Å²) in [6, 6.07) is 10.4. The Kier molecular flexibility index (Phi) is 10.2. The summed E-state index contributed by atoms with van der Waals surface area (Å²) in [7, 11) is 2.59. The number of rotatable bonds is 10. The van der Waals surface area contributed by atoms with Crippen LogP contribution in [-0.2, 0) is 19.1 Å². The number of furan rings is 1. The molecule has 6 atom stereocenters. The van der Waals surface area contributed by atoms with Crippen molar-refractivity contribution in [3.05, 3.63) is 60.4 Å². The molecule has 1 aliphatic carbocycles. The number of nitrogens with one attached hydrogen (secondary N) is 4. The lowest BCUT2D eigenvalue weighted by Crippen LogP contribution is -2.54. The molecule has 4 amide bonds. The topological polar surface area (TPSA) is 188 Å². The molecule has 0 spiro atoms. The van der Waals surface area contributed by atoms with Gasteiger partial charge in [-0.25, -0.2) is 19.6 Å². The summed E-state index contributed by atoms with van der Waals surface area (Å²) >= 11 is 0. The van der Waals surface area contributed by atoms with Crippen LogP contribution in [0.4, 0.5) is 9.59 Å². The molecule has 2 aliphatic heterocycles. The van der Waals surface area contributed by atoms with Gasteiger partial charge in [0.05, 0.1) is 50.1 Å². The number of carbonyl (C=O) groups excluding carboxylic acids is 4. The number of H-pyrrole nitrogens is 2. The van der Waals surface area contributed by atoms with Crippen molar-refractivity contribution in [2.45, 2.75) is 90.0 Å². The highest BCUT2D eigenvalue weighted by molar-refractivity contribution is 6.06. The fourth-order valence-corrected chi connectivity index (χ4v) is 9.11. The summed E-state index contributed by atoms with van der Waals surface area (Å²) in [6.07, 6.45) is 6.80. The van der Waals surface area contributed by atoms with Gasteiger partial charge in [0.1, 0.15) is 34.9 Å². The van der Waals surface area contributed by atoms with Crippen molar-refractivity contribution in [3.8, 4) is 22.5 Å². The number of imidazole rings is 2. The van der Waals surface area contributed by atoms with Crippen molar-refractivity contribution in [2.24, 2.45) is 17.8 Å². The third-order valence-electron chi connectivity index (χ3n) is 12.0. The number of ether oxygens (including phenoxy) is 2. The zero-order valence-corrected chi connectivity index (χ0v) is 33.1. The first-order valence-corrected chi connectivity index (χ1v) is 19.8. The first-order chi connectivity index (χ1) is 27.4. The second kappa shape index (κ2) is 15.2. The molecular formula is C42H50N8O7. The average Bonchev–Trinajstić information content (AvgIpc) is 4.07. The van der Waals surface area contributed by atoms with Crippen molar-refractivity contribution in [2.75, 3.05) is 20.8 Å². The minimum Gasteiger partial charge on any atom is -0.456 e. The first kappa shape index (κ1) is 38.0. The van der Waals surface area contributed by atoms with Crippen LogP contribution in [0.3, 0.4) is 0 Å². The van der Waals surface area contributed by atoms with Crippen LogP contribution in [0.2, 0.25) is 0 Å². The Hall–Kier alpha value is -5.86. The van der Waals surface area contributed by atoms with E-state index < -0.39 is 24.3 Å².